The van der Waals surface area contributed by atoms with Crippen LogP contribution in [0.2, 0.25) is 0 Å². The second kappa shape index (κ2) is 6.56. The number of anilines is 1. The van der Waals surface area contributed by atoms with Gasteiger partial charge in [-0.3, -0.25) is 0 Å². The van der Waals surface area contributed by atoms with Gasteiger partial charge in [-0.05, 0) is 25.2 Å². The van der Waals surface area contributed by atoms with Crippen LogP contribution in [0.4, 0.5) is 5.69 Å². The van der Waals surface area contributed by atoms with Gasteiger partial charge >= 0.3 is 0 Å². The van der Waals surface area contributed by atoms with Crippen LogP contribution >= 0.6 is 11.6 Å². The van der Waals surface area contributed by atoms with Gasteiger partial charge in [0.15, 0.2) is 0 Å². The van der Waals surface area contributed by atoms with Crippen LogP contribution in [-0.2, 0) is 5.88 Å². The summed E-state index contributed by atoms with van der Waals surface area (Å²) in [4.78, 5) is 11.5. The fourth-order valence-electron chi connectivity index (χ4n) is 2.57. The second-order valence-electron chi connectivity index (χ2n) is 5.87. The maximum absolute atomic E-state index is 6.08. The molecule has 0 amide bonds. The molecule has 1 saturated heterocycles. The van der Waals surface area contributed by atoms with Gasteiger partial charge in [0.25, 0.3) is 0 Å². The Bertz CT molecular complexity index is 420. The molecule has 19 heavy (non-hydrogen) atoms. The van der Waals surface area contributed by atoms with Crippen molar-refractivity contribution in [3.63, 3.8) is 0 Å². The molecule has 2 rings (SSSR count). The third-order valence-electron chi connectivity index (χ3n) is 3.86. The summed E-state index contributed by atoms with van der Waals surface area (Å²) < 4.78 is 0. The van der Waals surface area contributed by atoms with E-state index in [4.69, 9.17) is 11.6 Å². The average molecular weight is 282 g/mol. The first-order valence-electron chi connectivity index (χ1n) is 7.28. The van der Waals surface area contributed by atoms with E-state index in [-0.39, 0.29) is 0 Å². The lowest BCUT2D eigenvalue weighted by Crippen LogP contribution is -2.26. The highest BCUT2D eigenvalue weighted by Crippen LogP contribution is 2.26. The zero-order valence-corrected chi connectivity index (χ0v) is 13.0. The van der Waals surface area contributed by atoms with Gasteiger partial charge in [0, 0.05) is 19.0 Å². The van der Waals surface area contributed by atoms with Gasteiger partial charge < -0.3 is 4.90 Å². The van der Waals surface area contributed by atoms with Crippen molar-refractivity contribution in [3.05, 3.63) is 17.7 Å². The molecule has 106 valence electrons. The van der Waals surface area contributed by atoms with E-state index in [0.717, 1.165) is 36.2 Å². The van der Waals surface area contributed by atoms with Crippen molar-refractivity contribution in [1.82, 2.24) is 9.97 Å². The van der Waals surface area contributed by atoms with Crippen molar-refractivity contribution in [2.75, 3.05) is 18.0 Å². The monoisotopic (exact) mass is 281 g/mol. The number of hydrogen-bond acceptors (Lipinski definition) is 3. The molecule has 1 aromatic heterocycles. The molecule has 0 bridgehead atoms. The third-order valence-corrected chi connectivity index (χ3v) is 4.12. The van der Waals surface area contributed by atoms with E-state index in [1.54, 1.807) is 0 Å². The van der Waals surface area contributed by atoms with E-state index in [1.807, 2.05) is 6.20 Å². The number of hydrogen-bond donors (Lipinski definition) is 0. The summed E-state index contributed by atoms with van der Waals surface area (Å²) in [6.07, 6.45) is 5.77. The lowest BCUT2D eigenvalue weighted by Gasteiger charge is -2.24. The SMILES string of the molecule is CC1CCCN(c2cnc(C(C)C)nc2CCl)CC1. The fourth-order valence-corrected chi connectivity index (χ4v) is 2.77. The molecule has 2 heterocycles. The molecule has 0 spiro atoms. The number of aromatic nitrogens is 2. The summed E-state index contributed by atoms with van der Waals surface area (Å²) >= 11 is 6.08. The van der Waals surface area contributed by atoms with Gasteiger partial charge in [-0.15, -0.1) is 11.6 Å². The van der Waals surface area contributed by atoms with Crippen molar-refractivity contribution in [2.45, 2.75) is 51.8 Å². The van der Waals surface area contributed by atoms with Gasteiger partial charge in [-0.1, -0.05) is 20.8 Å². The first kappa shape index (κ1) is 14.6. The van der Waals surface area contributed by atoms with Crippen molar-refractivity contribution >= 4 is 17.3 Å². The maximum atomic E-state index is 6.08. The van der Waals surface area contributed by atoms with Gasteiger partial charge in [0.1, 0.15) is 5.82 Å². The van der Waals surface area contributed by atoms with Crippen LogP contribution in [0, 0.1) is 5.92 Å². The molecule has 0 aliphatic carbocycles. The van der Waals surface area contributed by atoms with Gasteiger partial charge in [0.2, 0.25) is 0 Å². The summed E-state index contributed by atoms with van der Waals surface area (Å²) in [5, 5.41) is 0. The molecular formula is C15H24ClN3. The largest absolute Gasteiger partial charge is 0.369 e. The average Bonchev–Trinajstić information content (AvgIpc) is 2.62. The molecule has 0 radical (unpaired) electrons. The van der Waals surface area contributed by atoms with Crippen LogP contribution in [0.15, 0.2) is 6.20 Å². The van der Waals surface area contributed by atoms with Gasteiger partial charge in [-0.2, -0.15) is 0 Å². The summed E-state index contributed by atoms with van der Waals surface area (Å²) in [5.74, 6) is 2.52. The molecule has 1 atom stereocenters. The molecule has 0 N–H and O–H groups in total. The van der Waals surface area contributed by atoms with Crippen molar-refractivity contribution in [2.24, 2.45) is 5.92 Å². The lowest BCUT2D eigenvalue weighted by atomic mass is 10.0. The van der Waals surface area contributed by atoms with E-state index in [0.29, 0.717) is 11.8 Å². The molecule has 4 heteroatoms. The Morgan fingerprint density at radius 2 is 2.16 bits per heavy atom. The number of nitrogens with zero attached hydrogens (tertiary/aromatic N) is 3. The highest BCUT2D eigenvalue weighted by atomic mass is 35.5. The molecule has 1 fully saturated rings. The predicted molar refractivity (Wildman–Crippen MR) is 80.9 cm³/mol. The Morgan fingerprint density at radius 3 is 2.84 bits per heavy atom. The van der Waals surface area contributed by atoms with E-state index >= 15 is 0 Å². The molecule has 1 unspecified atom stereocenters. The summed E-state index contributed by atoms with van der Waals surface area (Å²) in [7, 11) is 0. The third kappa shape index (κ3) is 3.59. The zero-order valence-electron chi connectivity index (χ0n) is 12.2. The molecule has 1 aliphatic rings. The summed E-state index contributed by atoms with van der Waals surface area (Å²) in [6.45, 7) is 8.75. The first-order chi connectivity index (χ1) is 9.11. The van der Waals surface area contributed by atoms with Crippen LogP contribution in [-0.4, -0.2) is 23.1 Å². The minimum atomic E-state index is 0.347. The number of alkyl halides is 1. The smallest absolute Gasteiger partial charge is 0.131 e. The topological polar surface area (TPSA) is 29.0 Å². The lowest BCUT2D eigenvalue weighted by molar-refractivity contribution is 0.521. The minimum absolute atomic E-state index is 0.347. The van der Waals surface area contributed by atoms with Crippen molar-refractivity contribution in [1.29, 1.82) is 0 Å². The number of rotatable bonds is 3. The van der Waals surface area contributed by atoms with Crippen molar-refractivity contribution in [3.8, 4) is 0 Å². The quantitative estimate of drug-likeness (QED) is 0.785. The van der Waals surface area contributed by atoms with E-state index < -0.39 is 0 Å². The van der Waals surface area contributed by atoms with E-state index in [1.165, 1.54) is 19.3 Å². The minimum Gasteiger partial charge on any atom is -0.369 e. The van der Waals surface area contributed by atoms with E-state index in [2.05, 4.69) is 35.6 Å². The molecule has 1 aliphatic heterocycles. The van der Waals surface area contributed by atoms with Crippen LogP contribution in [0.3, 0.4) is 0 Å². The van der Waals surface area contributed by atoms with Crippen LogP contribution in [0.25, 0.3) is 0 Å². The summed E-state index contributed by atoms with van der Waals surface area (Å²) in [5.41, 5.74) is 2.11. The van der Waals surface area contributed by atoms with Gasteiger partial charge in [-0.25, -0.2) is 9.97 Å². The molecule has 0 aromatic carbocycles. The Balaban J connectivity index is 2.23. The Hall–Kier alpha value is -0.830. The molecule has 1 aromatic rings. The number of halogens is 1. The van der Waals surface area contributed by atoms with Crippen LogP contribution in [0.5, 0.6) is 0 Å². The van der Waals surface area contributed by atoms with Crippen LogP contribution < -0.4 is 4.90 Å². The zero-order chi connectivity index (χ0) is 13.8. The normalized spacial score (nSPS) is 20.7. The molecule has 3 nitrogen and oxygen atoms in total. The van der Waals surface area contributed by atoms with Gasteiger partial charge in [0.05, 0.1) is 23.5 Å². The Kier molecular flexibility index (Phi) is 5.03. The summed E-state index contributed by atoms with van der Waals surface area (Å²) in [6, 6.07) is 0. The fraction of sp³-hybridized carbons (Fsp3) is 0.733. The maximum Gasteiger partial charge on any atom is 0.131 e. The Labute approximate surface area is 121 Å². The predicted octanol–water partition coefficient (Wildman–Crippen LogP) is 3.97. The highest BCUT2D eigenvalue weighted by Gasteiger charge is 2.18. The highest BCUT2D eigenvalue weighted by molar-refractivity contribution is 6.17. The van der Waals surface area contributed by atoms with E-state index in [9.17, 15) is 0 Å². The van der Waals surface area contributed by atoms with Crippen LogP contribution in [0.1, 0.15) is 57.5 Å². The Morgan fingerprint density at radius 1 is 1.37 bits per heavy atom. The van der Waals surface area contributed by atoms with Crippen molar-refractivity contribution < 1.29 is 0 Å². The second-order valence-corrected chi connectivity index (χ2v) is 6.14. The first-order valence-corrected chi connectivity index (χ1v) is 7.82. The standard InChI is InChI=1S/C15H24ClN3/c1-11(2)15-17-10-14(13(9-16)18-15)19-7-4-5-12(3)6-8-19/h10-12H,4-9H2,1-3H3. The molecule has 0 saturated carbocycles. The molecular weight excluding hydrogens is 258 g/mol.